The predicted molar refractivity (Wildman–Crippen MR) is 62.8 cm³/mol. The number of thioether (sulfide) groups is 1. The van der Waals surface area contributed by atoms with E-state index in [4.69, 9.17) is 5.11 Å². The molecule has 0 aromatic carbocycles. The first kappa shape index (κ1) is 12.8. The Morgan fingerprint density at radius 3 is 2.93 bits per heavy atom. The lowest BCUT2D eigenvalue weighted by Gasteiger charge is -2.30. The lowest BCUT2D eigenvalue weighted by molar-refractivity contribution is -0.124. The Kier molecular flexibility index (Phi) is 4.89. The molecule has 1 aliphatic rings. The number of carbonyl (C=O) groups excluding carboxylic acids is 1. The molecular formula is C10H20N2O2S. The van der Waals surface area contributed by atoms with Gasteiger partial charge in [0.05, 0.1) is 6.04 Å². The highest BCUT2D eigenvalue weighted by Crippen LogP contribution is 2.16. The Labute approximate surface area is 95.2 Å². The van der Waals surface area contributed by atoms with Crippen molar-refractivity contribution in [1.82, 2.24) is 10.6 Å². The highest BCUT2D eigenvalue weighted by Gasteiger charge is 2.29. The molecule has 1 amide bonds. The van der Waals surface area contributed by atoms with Gasteiger partial charge in [-0.05, 0) is 19.8 Å². The van der Waals surface area contributed by atoms with Crippen molar-refractivity contribution in [2.45, 2.75) is 38.3 Å². The molecule has 1 aliphatic heterocycles. The average molecular weight is 232 g/mol. The highest BCUT2D eigenvalue weighted by molar-refractivity contribution is 7.99. The van der Waals surface area contributed by atoms with Crippen LogP contribution in [0.2, 0.25) is 0 Å². The fraction of sp³-hybridized carbons (Fsp3) is 0.900. The monoisotopic (exact) mass is 232 g/mol. The van der Waals surface area contributed by atoms with Crippen molar-refractivity contribution in [3.8, 4) is 0 Å². The molecule has 15 heavy (non-hydrogen) atoms. The molecule has 3 N–H and O–H groups in total. The Balaban J connectivity index is 2.46. The maximum atomic E-state index is 11.8. The van der Waals surface area contributed by atoms with Crippen LogP contribution in [-0.4, -0.2) is 40.8 Å². The Morgan fingerprint density at radius 2 is 2.47 bits per heavy atom. The van der Waals surface area contributed by atoms with Crippen LogP contribution in [0.15, 0.2) is 0 Å². The number of nitrogens with one attached hydrogen (secondary N) is 2. The van der Waals surface area contributed by atoms with Crippen molar-refractivity contribution in [2.75, 3.05) is 18.2 Å². The fourth-order valence-corrected chi connectivity index (χ4v) is 2.46. The van der Waals surface area contributed by atoms with Gasteiger partial charge in [-0.3, -0.25) is 10.1 Å². The fourth-order valence-electron chi connectivity index (χ4n) is 1.52. The normalized spacial score (nSPS) is 24.9. The van der Waals surface area contributed by atoms with Crippen LogP contribution in [0.5, 0.6) is 0 Å². The number of aliphatic hydroxyl groups excluding tert-OH is 1. The van der Waals surface area contributed by atoms with Crippen LogP contribution in [0.3, 0.4) is 0 Å². The summed E-state index contributed by atoms with van der Waals surface area (Å²) in [6.45, 7) is 4.10. The molecule has 4 nitrogen and oxygen atoms in total. The minimum atomic E-state index is -0.277. The van der Waals surface area contributed by atoms with Crippen LogP contribution < -0.4 is 10.6 Å². The van der Waals surface area contributed by atoms with Gasteiger partial charge in [0.15, 0.2) is 0 Å². The Hall–Kier alpha value is -0.260. The van der Waals surface area contributed by atoms with E-state index in [1.165, 1.54) is 0 Å². The maximum Gasteiger partial charge on any atom is 0.238 e. The molecule has 0 saturated carbocycles. The van der Waals surface area contributed by atoms with Crippen molar-refractivity contribution in [3.63, 3.8) is 0 Å². The second kappa shape index (κ2) is 5.72. The largest absolute Gasteiger partial charge is 0.396 e. The van der Waals surface area contributed by atoms with Gasteiger partial charge in [0.1, 0.15) is 0 Å². The second-order valence-corrected chi connectivity index (χ2v) is 5.18. The maximum absolute atomic E-state index is 11.8. The van der Waals surface area contributed by atoms with Crippen LogP contribution in [0.25, 0.3) is 0 Å². The van der Waals surface area contributed by atoms with Crippen molar-refractivity contribution in [3.05, 3.63) is 0 Å². The van der Waals surface area contributed by atoms with E-state index in [0.717, 1.165) is 18.1 Å². The van der Waals surface area contributed by atoms with E-state index in [2.05, 4.69) is 10.6 Å². The van der Waals surface area contributed by atoms with E-state index in [-0.39, 0.29) is 24.1 Å². The van der Waals surface area contributed by atoms with E-state index in [0.29, 0.717) is 6.42 Å². The van der Waals surface area contributed by atoms with Gasteiger partial charge in [-0.1, -0.05) is 6.92 Å². The van der Waals surface area contributed by atoms with Gasteiger partial charge < -0.3 is 10.4 Å². The van der Waals surface area contributed by atoms with Crippen LogP contribution in [0, 0.1) is 0 Å². The van der Waals surface area contributed by atoms with E-state index < -0.39 is 0 Å². The first-order valence-electron chi connectivity index (χ1n) is 5.35. The minimum Gasteiger partial charge on any atom is -0.396 e. The van der Waals surface area contributed by atoms with Crippen LogP contribution in [0.4, 0.5) is 0 Å². The number of rotatable bonds is 5. The molecule has 1 rings (SSSR count). The van der Waals surface area contributed by atoms with Crippen LogP contribution in [0.1, 0.15) is 26.7 Å². The topological polar surface area (TPSA) is 61.4 Å². The summed E-state index contributed by atoms with van der Waals surface area (Å²) in [7, 11) is 0. The van der Waals surface area contributed by atoms with E-state index in [9.17, 15) is 4.79 Å². The third-order valence-electron chi connectivity index (χ3n) is 2.90. The first-order valence-corrected chi connectivity index (χ1v) is 6.51. The van der Waals surface area contributed by atoms with Crippen molar-refractivity contribution in [1.29, 1.82) is 0 Å². The molecule has 0 aromatic rings. The van der Waals surface area contributed by atoms with E-state index in [1.807, 2.05) is 13.8 Å². The Morgan fingerprint density at radius 1 is 1.73 bits per heavy atom. The first-order chi connectivity index (χ1) is 7.11. The highest BCUT2D eigenvalue weighted by atomic mass is 32.2. The summed E-state index contributed by atoms with van der Waals surface area (Å²) in [4.78, 5) is 11.8. The number of hydrogen-bond donors (Lipinski definition) is 3. The number of amides is 1. The van der Waals surface area contributed by atoms with Crippen LogP contribution in [-0.2, 0) is 4.79 Å². The zero-order chi connectivity index (χ0) is 11.3. The lowest BCUT2D eigenvalue weighted by Crippen LogP contribution is -2.52. The molecule has 88 valence electrons. The number of hydrogen-bond acceptors (Lipinski definition) is 4. The SMILES string of the molecule is CCC(C)(CCO)NC(=O)C1CSCN1. The summed E-state index contributed by atoms with van der Waals surface area (Å²) in [5, 5.41) is 15.1. The standard InChI is InChI=1S/C10H20N2O2S/c1-3-10(2,4-5-13)12-9(14)8-6-15-7-11-8/h8,11,13H,3-7H2,1-2H3,(H,12,14). The Bertz CT molecular complexity index is 219. The average Bonchev–Trinajstić information content (AvgIpc) is 2.71. The number of carbonyl (C=O) groups is 1. The third kappa shape index (κ3) is 3.66. The lowest BCUT2D eigenvalue weighted by atomic mass is 9.94. The van der Waals surface area contributed by atoms with Gasteiger partial charge in [-0.2, -0.15) is 0 Å². The molecule has 5 heteroatoms. The van der Waals surface area contributed by atoms with Crippen molar-refractivity contribution >= 4 is 17.7 Å². The summed E-state index contributed by atoms with van der Waals surface area (Å²) >= 11 is 1.74. The molecule has 2 atom stereocenters. The quantitative estimate of drug-likeness (QED) is 0.639. The molecule has 0 aliphatic carbocycles. The smallest absolute Gasteiger partial charge is 0.238 e. The van der Waals surface area contributed by atoms with Gasteiger partial charge in [-0.15, -0.1) is 11.8 Å². The van der Waals surface area contributed by atoms with Crippen LogP contribution >= 0.6 is 11.8 Å². The molecule has 1 saturated heterocycles. The molecule has 0 aromatic heterocycles. The summed E-state index contributed by atoms with van der Waals surface area (Å²) in [5.41, 5.74) is -0.277. The summed E-state index contributed by atoms with van der Waals surface area (Å²) < 4.78 is 0. The van der Waals surface area contributed by atoms with Gasteiger partial charge in [0.25, 0.3) is 0 Å². The van der Waals surface area contributed by atoms with E-state index >= 15 is 0 Å². The van der Waals surface area contributed by atoms with Gasteiger partial charge in [0, 0.05) is 23.8 Å². The van der Waals surface area contributed by atoms with Gasteiger partial charge in [0.2, 0.25) is 5.91 Å². The molecule has 2 unspecified atom stereocenters. The molecule has 1 fully saturated rings. The molecule has 0 bridgehead atoms. The second-order valence-electron chi connectivity index (χ2n) is 4.15. The molecule has 0 spiro atoms. The number of aliphatic hydroxyl groups is 1. The zero-order valence-corrected chi connectivity index (χ0v) is 10.2. The zero-order valence-electron chi connectivity index (χ0n) is 9.38. The van der Waals surface area contributed by atoms with Gasteiger partial charge in [-0.25, -0.2) is 0 Å². The predicted octanol–water partition coefficient (Wildman–Crippen LogP) is 0.316. The summed E-state index contributed by atoms with van der Waals surface area (Å²) in [6, 6.07) is -0.0698. The van der Waals surface area contributed by atoms with Crippen molar-refractivity contribution in [2.24, 2.45) is 0 Å². The van der Waals surface area contributed by atoms with Gasteiger partial charge >= 0.3 is 0 Å². The van der Waals surface area contributed by atoms with Crippen molar-refractivity contribution < 1.29 is 9.90 Å². The summed E-state index contributed by atoms with van der Waals surface area (Å²) in [5.74, 6) is 1.74. The molecule has 0 radical (unpaired) electrons. The minimum absolute atomic E-state index is 0.0535. The summed E-state index contributed by atoms with van der Waals surface area (Å²) in [6.07, 6.45) is 1.44. The molecule has 1 heterocycles. The third-order valence-corrected chi connectivity index (χ3v) is 3.84. The van der Waals surface area contributed by atoms with E-state index in [1.54, 1.807) is 11.8 Å². The molecular weight excluding hydrogens is 212 g/mol.